The quantitative estimate of drug-likeness (QED) is 0.821. The first kappa shape index (κ1) is 15.5. The molecule has 4 heteroatoms. The zero-order valence-electron chi connectivity index (χ0n) is 12.1. The Morgan fingerprint density at radius 2 is 1.95 bits per heavy atom. The molecular formula is C17H18ClNO2. The Labute approximate surface area is 129 Å². The predicted molar refractivity (Wildman–Crippen MR) is 86.2 cm³/mol. The van der Waals surface area contributed by atoms with Crippen LogP contribution in [0, 0.1) is 6.92 Å². The molecule has 0 fully saturated rings. The van der Waals surface area contributed by atoms with Crippen LogP contribution >= 0.6 is 11.6 Å². The molecule has 0 aliphatic heterocycles. The maximum Gasteiger partial charge on any atom is 0.187 e. The van der Waals surface area contributed by atoms with Crippen LogP contribution in [-0.2, 0) is 4.74 Å². The summed E-state index contributed by atoms with van der Waals surface area (Å²) in [6.07, 6.45) is 0. The molecule has 0 saturated carbocycles. The Kier molecular flexibility index (Phi) is 5.37. The third-order valence-electron chi connectivity index (χ3n) is 3.14. The van der Waals surface area contributed by atoms with Gasteiger partial charge in [0.2, 0.25) is 0 Å². The first-order valence-electron chi connectivity index (χ1n) is 6.72. The Hall–Kier alpha value is -1.84. The average Bonchev–Trinajstić information content (AvgIpc) is 2.48. The molecule has 0 aliphatic rings. The van der Waals surface area contributed by atoms with E-state index in [0.717, 1.165) is 11.3 Å². The van der Waals surface area contributed by atoms with Crippen molar-refractivity contribution in [3.8, 4) is 0 Å². The van der Waals surface area contributed by atoms with E-state index in [2.05, 4.69) is 5.32 Å². The lowest BCUT2D eigenvalue weighted by molar-refractivity contribution is 0.0907. The second-order valence-electron chi connectivity index (χ2n) is 4.89. The molecule has 110 valence electrons. The molecule has 0 amide bonds. The summed E-state index contributed by atoms with van der Waals surface area (Å²) in [6, 6.07) is 14.4. The maximum atomic E-state index is 12.6. The van der Waals surface area contributed by atoms with Crippen molar-refractivity contribution in [3.05, 3.63) is 64.7 Å². The number of rotatable bonds is 6. The van der Waals surface area contributed by atoms with Crippen molar-refractivity contribution in [2.24, 2.45) is 0 Å². The monoisotopic (exact) mass is 303 g/mol. The van der Waals surface area contributed by atoms with Crippen LogP contribution in [0.2, 0.25) is 5.02 Å². The molecule has 21 heavy (non-hydrogen) atoms. The highest BCUT2D eigenvalue weighted by molar-refractivity contribution is 6.30. The predicted octanol–water partition coefficient (Wildman–Crippen LogP) is 3.96. The van der Waals surface area contributed by atoms with Gasteiger partial charge in [-0.25, -0.2) is 0 Å². The minimum Gasteiger partial charge on any atom is -0.382 e. The van der Waals surface area contributed by atoms with Gasteiger partial charge in [-0.05, 0) is 37.3 Å². The fourth-order valence-corrected chi connectivity index (χ4v) is 2.22. The van der Waals surface area contributed by atoms with Gasteiger partial charge in [0.1, 0.15) is 6.04 Å². The van der Waals surface area contributed by atoms with Crippen molar-refractivity contribution >= 4 is 23.1 Å². The molecule has 2 aromatic rings. The standard InChI is InChI=1S/C17H18ClNO2/c1-12-4-3-5-13(10-12)17(20)16(11-21-2)19-15-8-6-14(18)7-9-15/h3-10,16,19H,11H2,1-2H3. The lowest BCUT2D eigenvalue weighted by atomic mass is 10.0. The van der Waals surface area contributed by atoms with Crippen LogP contribution in [0.1, 0.15) is 15.9 Å². The van der Waals surface area contributed by atoms with Crippen LogP contribution in [0.25, 0.3) is 0 Å². The number of benzene rings is 2. The molecule has 0 aliphatic carbocycles. The van der Waals surface area contributed by atoms with Gasteiger partial charge in [0.05, 0.1) is 6.61 Å². The summed E-state index contributed by atoms with van der Waals surface area (Å²) in [6.45, 7) is 2.27. The Bertz CT molecular complexity index is 610. The first-order valence-corrected chi connectivity index (χ1v) is 7.10. The number of anilines is 1. The zero-order chi connectivity index (χ0) is 15.2. The SMILES string of the molecule is COCC(Nc1ccc(Cl)cc1)C(=O)c1cccc(C)c1. The van der Waals surface area contributed by atoms with E-state index < -0.39 is 6.04 Å². The number of hydrogen-bond donors (Lipinski definition) is 1. The van der Waals surface area contributed by atoms with E-state index in [0.29, 0.717) is 17.2 Å². The summed E-state index contributed by atoms with van der Waals surface area (Å²) >= 11 is 5.87. The van der Waals surface area contributed by atoms with Crippen LogP contribution in [0.4, 0.5) is 5.69 Å². The number of aryl methyl sites for hydroxylation is 1. The summed E-state index contributed by atoms with van der Waals surface area (Å²) in [5.74, 6) is 0.00972. The highest BCUT2D eigenvalue weighted by Crippen LogP contribution is 2.16. The molecule has 2 aromatic carbocycles. The van der Waals surface area contributed by atoms with Gasteiger partial charge in [-0.2, -0.15) is 0 Å². The fourth-order valence-electron chi connectivity index (χ4n) is 2.10. The van der Waals surface area contributed by atoms with E-state index in [4.69, 9.17) is 16.3 Å². The molecule has 0 spiro atoms. The van der Waals surface area contributed by atoms with Crippen LogP contribution in [-0.4, -0.2) is 25.5 Å². The number of hydrogen-bond acceptors (Lipinski definition) is 3. The molecule has 2 rings (SSSR count). The van der Waals surface area contributed by atoms with Gasteiger partial charge in [0.15, 0.2) is 5.78 Å². The third kappa shape index (κ3) is 4.31. The normalized spacial score (nSPS) is 12.0. The Morgan fingerprint density at radius 3 is 2.57 bits per heavy atom. The van der Waals surface area contributed by atoms with Gasteiger partial charge in [-0.15, -0.1) is 0 Å². The summed E-state index contributed by atoms with van der Waals surface area (Å²) in [4.78, 5) is 12.6. The summed E-state index contributed by atoms with van der Waals surface area (Å²) in [5.41, 5.74) is 2.57. The number of ether oxygens (including phenoxy) is 1. The van der Waals surface area contributed by atoms with Crippen LogP contribution in [0.15, 0.2) is 48.5 Å². The number of carbonyl (C=O) groups is 1. The zero-order valence-corrected chi connectivity index (χ0v) is 12.9. The van der Waals surface area contributed by atoms with E-state index in [9.17, 15) is 4.79 Å². The second-order valence-corrected chi connectivity index (χ2v) is 5.33. The smallest absolute Gasteiger partial charge is 0.187 e. The first-order chi connectivity index (χ1) is 10.1. The molecule has 1 unspecified atom stereocenters. The van der Waals surface area contributed by atoms with Crippen molar-refractivity contribution in [1.82, 2.24) is 0 Å². The topological polar surface area (TPSA) is 38.3 Å². The minimum absolute atomic E-state index is 0.00972. The number of ketones is 1. The van der Waals surface area contributed by atoms with Gasteiger partial charge in [-0.3, -0.25) is 4.79 Å². The molecule has 0 heterocycles. The lowest BCUT2D eigenvalue weighted by Crippen LogP contribution is -2.34. The average molecular weight is 304 g/mol. The second kappa shape index (κ2) is 7.25. The highest BCUT2D eigenvalue weighted by Gasteiger charge is 2.20. The fraction of sp³-hybridized carbons (Fsp3) is 0.235. The highest BCUT2D eigenvalue weighted by atomic mass is 35.5. The Morgan fingerprint density at radius 1 is 1.24 bits per heavy atom. The number of nitrogens with one attached hydrogen (secondary N) is 1. The molecular weight excluding hydrogens is 286 g/mol. The molecule has 0 radical (unpaired) electrons. The number of methoxy groups -OCH3 is 1. The largest absolute Gasteiger partial charge is 0.382 e. The summed E-state index contributed by atoms with van der Waals surface area (Å²) in [5, 5.41) is 3.85. The van der Waals surface area contributed by atoms with Crippen molar-refractivity contribution < 1.29 is 9.53 Å². The van der Waals surface area contributed by atoms with Crippen LogP contribution in [0.5, 0.6) is 0 Å². The lowest BCUT2D eigenvalue weighted by Gasteiger charge is -2.18. The van der Waals surface area contributed by atoms with Crippen molar-refractivity contribution in [3.63, 3.8) is 0 Å². The van der Waals surface area contributed by atoms with E-state index in [-0.39, 0.29) is 5.78 Å². The van der Waals surface area contributed by atoms with Gasteiger partial charge in [0, 0.05) is 23.4 Å². The van der Waals surface area contributed by atoms with Gasteiger partial charge < -0.3 is 10.1 Å². The van der Waals surface area contributed by atoms with Crippen molar-refractivity contribution in [2.75, 3.05) is 19.0 Å². The molecule has 0 aromatic heterocycles. The van der Waals surface area contributed by atoms with Gasteiger partial charge in [-0.1, -0.05) is 35.4 Å². The molecule has 1 N–H and O–H groups in total. The van der Waals surface area contributed by atoms with E-state index in [1.807, 2.05) is 43.3 Å². The molecule has 0 bridgehead atoms. The van der Waals surface area contributed by atoms with Gasteiger partial charge >= 0.3 is 0 Å². The van der Waals surface area contributed by atoms with Gasteiger partial charge in [0.25, 0.3) is 0 Å². The number of carbonyl (C=O) groups excluding carboxylic acids is 1. The van der Waals surface area contributed by atoms with Crippen molar-refractivity contribution in [1.29, 1.82) is 0 Å². The third-order valence-corrected chi connectivity index (χ3v) is 3.39. The number of Topliss-reactive ketones (excluding diaryl/α,β-unsaturated/α-hetero) is 1. The summed E-state index contributed by atoms with van der Waals surface area (Å²) < 4.78 is 5.16. The van der Waals surface area contributed by atoms with Crippen molar-refractivity contribution in [2.45, 2.75) is 13.0 Å². The van der Waals surface area contributed by atoms with E-state index in [1.165, 1.54) is 0 Å². The molecule has 0 saturated heterocycles. The number of halogens is 1. The van der Waals surface area contributed by atoms with Crippen LogP contribution < -0.4 is 5.32 Å². The summed E-state index contributed by atoms with van der Waals surface area (Å²) in [7, 11) is 1.58. The molecule has 3 nitrogen and oxygen atoms in total. The Balaban J connectivity index is 2.18. The molecule has 1 atom stereocenters. The van der Waals surface area contributed by atoms with E-state index >= 15 is 0 Å². The maximum absolute atomic E-state index is 12.6. The van der Waals surface area contributed by atoms with E-state index in [1.54, 1.807) is 19.2 Å². The minimum atomic E-state index is -0.432. The van der Waals surface area contributed by atoms with Crippen LogP contribution in [0.3, 0.4) is 0 Å².